The van der Waals surface area contributed by atoms with Crippen LogP contribution in [0.4, 0.5) is 0 Å². The molecule has 0 saturated heterocycles. The van der Waals surface area contributed by atoms with Crippen molar-refractivity contribution in [3.05, 3.63) is 34.1 Å². The minimum Gasteiger partial charge on any atom is -0.426 e. The predicted molar refractivity (Wildman–Crippen MR) is 130 cm³/mol. The van der Waals surface area contributed by atoms with Crippen LogP contribution in [0.3, 0.4) is 0 Å². The molecule has 0 atom stereocenters. The van der Waals surface area contributed by atoms with E-state index in [1.165, 1.54) is 75.0 Å². The summed E-state index contributed by atoms with van der Waals surface area (Å²) < 4.78 is 5.93. The van der Waals surface area contributed by atoms with Crippen molar-refractivity contribution in [2.45, 2.75) is 127 Å². The van der Waals surface area contributed by atoms with E-state index in [1.54, 1.807) is 5.57 Å². The highest BCUT2D eigenvalue weighted by atomic mass is 16.5. The number of ether oxygens (including phenoxy) is 1. The second-order valence-corrected chi connectivity index (χ2v) is 11.0. The summed E-state index contributed by atoms with van der Waals surface area (Å²) in [6.45, 7) is 19.5. The summed E-state index contributed by atoms with van der Waals surface area (Å²) in [5.74, 6) is 0.631. The van der Waals surface area contributed by atoms with Crippen LogP contribution in [0.5, 0.6) is 0 Å². The van der Waals surface area contributed by atoms with Gasteiger partial charge in [-0.05, 0) is 60.5 Å². The Labute approximate surface area is 187 Å². The number of rotatable bonds is 10. The first-order valence-corrected chi connectivity index (χ1v) is 12.3. The summed E-state index contributed by atoms with van der Waals surface area (Å²) in [5.41, 5.74) is 5.38. The Bertz CT molecular complexity index is 648. The highest BCUT2D eigenvalue weighted by Crippen LogP contribution is 2.47. The summed E-state index contributed by atoms with van der Waals surface area (Å²) in [7, 11) is 0. The van der Waals surface area contributed by atoms with Gasteiger partial charge in [0.2, 0.25) is 0 Å². The summed E-state index contributed by atoms with van der Waals surface area (Å²) in [6, 6.07) is 0. The van der Waals surface area contributed by atoms with Gasteiger partial charge in [0.1, 0.15) is 5.76 Å². The Hall–Kier alpha value is -1.31. The van der Waals surface area contributed by atoms with Gasteiger partial charge in [-0.1, -0.05) is 92.7 Å². The number of allylic oxidation sites excluding steroid dienone is 5. The van der Waals surface area contributed by atoms with Crippen molar-refractivity contribution in [2.24, 2.45) is 10.8 Å². The number of hydrogen-bond acceptors (Lipinski definition) is 2. The van der Waals surface area contributed by atoms with E-state index >= 15 is 0 Å². The number of esters is 1. The zero-order chi connectivity index (χ0) is 22.9. The lowest BCUT2D eigenvalue weighted by molar-refractivity contribution is -0.136. The largest absolute Gasteiger partial charge is 0.426 e. The van der Waals surface area contributed by atoms with Crippen LogP contribution in [0, 0.1) is 10.8 Å². The van der Waals surface area contributed by atoms with Gasteiger partial charge in [-0.25, -0.2) is 0 Å². The Balaban J connectivity index is 3.53. The van der Waals surface area contributed by atoms with Crippen molar-refractivity contribution in [3.8, 4) is 0 Å². The maximum absolute atomic E-state index is 12.0. The van der Waals surface area contributed by atoms with Crippen LogP contribution in [0.25, 0.3) is 0 Å². The normalized spacial score (nSPS) is 15.5. The molecule has 0 heterocycles. The lowest BCUT2D eigenvalue weighted by Crippen LogP contribution is -2.25. The molecule has 0 amide bonds. The molecule has 1 aliphatic rings. The second kappa shape index (κ2) is 11.9. The van der Waals surface area contributed by atoms with E-state index in [2.05, 4.69) is 61.5 Å². The average molecular weight is 417 g/mol. The molecule has 0 spiro atoms. The maximum atomic E-state index is 12.0. The molecule has 0 aromatic heterocycles. The molecule has 0 unspecified atom stereocenters. The van der Waals surface area contributed by atoms with Gasteiger partial charge in [-0.2, -0.15) is 0 Å². The Morgan fingerprint density at radius 3 is 1.80 bits per heavy atom. The van der Waals surface area contributed by atoms with Gasteiger partial charge >= 0.3 is 5.97 Å². The lowest BCUT2D eigenvalue weighted by Gasteiger charge is -2.36. The Morgan fingerprint density at radius 1 is 0.867 bits per heavy atom. The summed E-state index contributed by atoms with van der Waals surface area (Å²) in [5, 5.41) is 0. The van der Waals surface area contributed by atoms with Crippen molar-refractivity contribution in [1.29, 1.82) is 0 Å². The molecule has 0 bridgehead atoms. The minimum atomic E-state index is -0.218. The van der Waals surface area contributed by atoms with Crippen molar-refractivity contribution in [2.75, 3.05) is 0 Å². The van der Waals surface area contributed by atoms with E-state index in [9.17, 15) is 4.79 Å². The van der Waals surface area contributed by atoms with Gasteiger partial charge in [-0.15, -0.1) is 0 Å². The summed E-state index contributed by atoms with van der Waals surface area (Å²) in [6.07, 6.45) is 14.5. The van der Waals surface area contributed by atoms with Gasteiger partial charge in [0.15, 0.2) is 0 Å². The number of hydrogen-bond donors (Lipinski definition) is 0. The van der Waals surface area contributed by atoms with Crippen LogP contribution in [-0.2, 0) is 9.53 Å². The van der Waals surface area contributed by atoms with Crippen molar-refractivity contribution < 1.29 is 9.53 Å². The molecule has 0 aromatic rings. The molecule has 1 aliphatic carbocycles. The maximum Gasteiger partial charge on any atom is 0.308 e. The van der Waals surface area contributed by atoms with Crippen LogP contribution in [0.15, 0.2) is 34.1 Å². The van der Waals surface area contributed by atoms with Gasteiger partial charge in [0, 0.05) is 12.5 Å². The standard InChI is InChI=1S/C28H48O2/c1-10-12-14-16-22(17-15-13-11-2)20-23-18-19-24(27(4,5)6)26(30-21(3)29)25(23)28(7,8)9/h20H,10-19H2,1-9H3. The van der Waals surface area contributed by atoms with E-state index in [4.69, 9.17) is 4.74 Å². The minimum absolute atomic E-state index is 0.0123. The monoisotopic (exact) mass is 416 g/mol. The lowest BCUT2D eigenvalue weighted by atomic mass is 9.71. The molecule has 0 saturated carbocycles. The van der Waals surface area contributed by atoms with E-state index < -0.39 is 0 Å². The molecule has 0 aliphatic heterocycles. The zero-order valence-corrected chi connectivity index (χ0v) is 21.5. The Morgan fingerprint density at radius 2 is 1.40 bits per heavy atom. The predicted octanol–water partition coefficient (Wildman–Crippen LogP) is 9.07. The molecule has 0 fully saturated rings. The van der Waals surface area contributed by atoms with E-state index in [0.717, 1.165) is 18.6 Å². The average Bonchev–Trinajstić information content (AvgIpc) is 2.59. The quantitative estimate of drug-likeness (QED) is 0.262. The van der Waals surface area contributed by atoms with Gasteiger partial charge < -0.3 is 4.74 Å². The molecule has 0 radical (unpaired) electrons. The van der Waals surface area contributed by atoms with Crippen LogP contribution in [-0.4, -0.2) is 5.97 Å². The van der Waals surface area contributed by atoms with Crippen LogP contribution in [0.2, 0.25) is 0 Å². The highest BCUT2D eigenvalue weighted by Gasteiger charge is 2.35. The summed E-state index contributed by atoms with van der Waals surface area (Å²) in [4.78, 5) is 12.0. The third-order valence-corrected chi connectivity index (χ3v) is 5.95. The molecule has 30 heavy (non-hydrogen) atoms. The first-order valence-electron chi connectivity index (χ1n) is 12.3. The first kappa shape index (κ1) is 26.7. The van der Waals surface area contributed by atoms with Gasteiger partial charge in [0.05, 0.1) is 0 Å². The van der Waals surface area contributed by atoms with Crippen molar-refractivity contribution in [1.82, 2.24) is 0 Å². The third-order valence-electron chi connectivity index (χ3n) is 5.95. The molecule has 2 heteroatoms. The molecular weight excluding hydrogens is 368 g/mol. The van der Waals surface area contributed by atoms with Crippen molar-refractivity contribution in [3.63, 3.8) is 0 Å². The molecular formula is C28H48O2. The van der Waals surface area contributed by atoms with Gasteiger partial charge in [0.25, 0.3) is 0 Å². The van der Waals surface area contributed by atoms with E-state index in [-0.39, 0.29) is 16.8 Å². The Kier molecular flexibility index (Phi) is 10.6. The molecule has 0 N–H and O–H groups in total. The fraction of sp³-hybridized carbons (Fsp3) is 0.750. The van der Waals surface area contributed by atoms with Crippen molar-refractivity contribution >= 4 is 5.97 Å². The molecule has 0 aromatic carbocycles. The highest BCUT2D eigenvalue weighted by molar-refractivity contribution is 5.69. The topological polar surface area (TPSA) is 26.3 Å². The first-order chi connectivity index (χ1) is 13.9. The molecule has 172 valence electrons. The fourth-order valence-corrected chi connectivity index (χ4v) is 4.45. The fourth-order valence-electron chi connectivity index (χ4n) is 4.45. The van der Waals surface area contributed by atoms with Crippen LogP contribution < -0.4 is 0 Å². The van der Waals surface area contributed by atoms with E-state index in [1.807, 2.05) is 0 Å². The number of carbonyl (C=O) groups excluding carboxylic acids is 1. The second-order valence-electron chi connectivity index (χ2n) is 11.0. The number of carbonyl (C=O) groups is 1. The molecule has 2 nitrogen and oxygen atoms in total. The van der Waals surface area contributed by atoms with Gasteiger partial charge in [-0.3, -0.25) is 4.79 Å². The third kappa shape index (κ3) is 8.44. The zero-order valence-electron chi connectivity index (χ0n) is 21.5. The smallest absolute Gasteiger partial charge is 0.308 e. The molecule has 1 rings (SSSR count). The number of unbranched alkanes of at least 4 members (excludes halogenated alkanes) is 4. The van der Waals surface area contributed by atoms with Crippen LogP contribution >= 0.6 is 0 Å². The van der Waals surface area contributed by atoms with E-state index in [0.29, 0.717) is 0 Å². The van der Waals surface area contributed by atoms with Crippen LogP contribution in [0.1, 0.15) is 127 Å². The SMILES string of the molecule is CCCCCC(=CC1=C(C(C)(C)C)C(OC(C)=O)=C(C(C)(C)C)CC1)CCCCC. The summed E-state index contributed by atoms with van der Waals surface area (Å²) >= 11 is 0.